The molecule has 2 aromatic rings. The molecule has 0 spiro atoms. The molecule has 0 bridgehead atoms. The van der Waals surface area contributed by atoms with Gasteiger partial charge in [-0.15, -0.1) is 4.37 Å². The summed E-state index contributed by atoms with van der Waals surface area (Å²) in [6.07, 6.45) is 0. The maximum Gasteiger partial charge on any atom is 0.271 e. The largest absolute Gasteiger partial charge is 0.478 e. The van der Waals surface area contributed by atoms with E-state index in [0.717, 1.165) is 11.7 Å². The van der Waals surface area contributed by atoms with Gasteiger partial charge in [-0.25, -0.2) is 8.42 Å². The van der Waals surface area contributed by atoms with E-state index < -0.39 is 10.0 Å². The number of amides is 1. The van der Waals surface area contributed by atoms with Crippen LogP contribution in [0.5, 0.6) is 5.88 Å². The Hall–Kier alpha value is -2.20. The zero-order valence-electron chi connectivity index (χ0n) is 11.2. The van der Waals surface area contributed by atoms with Crippen molar-refractivity contribution in [2.24, 2.45) is 0 Å². The molecule has 0 radical (unpaired) electrons. The number of sulfonamides is 1. The first-order chi connectivity index (χ1) is 9.92. The van der Waals surface area contributed by atoms with Crippen LogP contribution >= 0.6 is 11.7 Å². The van der Waals surface area contributed by atoms with E-state index in [1.54, 1.807) is 0 Å². The highest BCUT2D eigenvalue weighted by atomic mass is 32.2. The first-order valence-electron chi connectivity index (χ1n) is 5.69. The number of hydrogen-bond acceptors (Lipinski definition) is 7. The summed E-state index contributed by atoms with van der Waals surface area (Å²) in [4.78, 5) is 10.9. The molecule has 21 heavy (non-hydrogen) atoms. The van der Waals surface area contributed by atoms with Crippen LogP contribution in [-0.2, 0) is 14.8 Å². The van der Waals surface area contributed by atoms with Crippen LogP contribution in [0, 0.1) is 0 Å². The lowest BCUT2D eigenvalue weighted by Gasteiger charge is -2.07. The molecule has 2 N–H and O–H groups in total. The van der Waals surface area contributed by atoms with E-state index in [-0.39, 0.29) is 22.5 Å². The molecule has 1 amide bonds. The number of rotatable bonds is 5. The average Bonchev–Trinajstić information content (AvgIpc) is 2.85. The molecule has 10 heteroatoms. The van der Waals surface area contributed by atoms with Gasteiger partial charge >= 0.3 is 0 Å². The van der Waals surface area contributed by atoms with Crippen molar-refractivity contribution < 1.29 is 17.9 Å². The van der Waals surface area contributed by atoms with Gasteiger partial charge in [-0.1, -0.05) is 0 Å². The van der Waals surface area contributed by atoms with Gasteiger partial charge in [0.25, 0.3) is 15.9 Å². The SMILES string of the molecule is COc1nsnc1NS(=O)(=O)c1ccc(NC(C)=O)cc1. The summed E-state index contributed by atoms with van der Waals surface area (Å²) in [7, 11) is -2.43. The van der Waals surface area contributed by atoms with Crippen LogP contribution in [-0.4, -0.2) is 30.2 Å². The zero-order valence-corrected chi connectivity index (χ0v) is 12.8. The molecule has 0 unspecified atom stereocenters. The van der Waals surface area contributed by atoms with Gasteiger partial charge in [-0.3, -0.25) is 9.52 Å². The van der Waals surface area contributed by atoms with E-state index in [1.165, 1.54) is 38.3 Å². The third-order valence-electron chi connectivity index (χ3n) is 2.37. The summed E-state index contributed by atoms with van der Waals surface area (Å²) in [6.45, 7) is 1.37. The number of benzene rings is 1. The van der Waals surface area contributed by atoms with Crippen LogP contribution < -0.4 is 14.8 Å². The molecule has 1 heterocycles. The molecular weight excluding hydrogens is 316 g/mol. The monoisotopic (exact) mass is 328 g/mol. The van der Waals surface area contributed by atoms with Crippen LogP contribution in [0.3, 0.4) is 0 Å². The fourth-order valence-corrected chi connectivity index (χ4v) is 3.02. The quantitative estimate of drug-likeness (QED) is 0.856. The average molecular weight is 328 g/mol. The van der Waals surface area contributed by atoms with Gasteiger partial charge in [-0.05, 0) is 24.3 Å². The van der Waals surface area contributed by atoms with Crippen molar-refractivity contribution in [2.75, 3.05) is 17.1 Å². The highest BCUT2D eigenvalue weighted by Gasteiger charge is 2.19. The molecular formula is C11H12N4O4S2. The maximum absolute atomic E-state index is 12.2. The van der Waals surface area contributed by atoms with E-state index >= 15 is 0 Å². The lowest BCUT2D eigenvalue weighted by atomic mass is 10.3. The molecule has 112 valence electrons. The molecule has 1 aromatic carbocycles. The van der Waals surface area contributed by atoms with Gasteiger partial charge in [0.2, 0.25) is 11.7 Å². The van der Waals surface area contributed by atoms with Crippen molar-refractivity contribution >= 4 is 39.2 Å². The van der Waals surface area contributed by atoms with Gasteiger partial charge < -0.3 is 10.1 Å². The zero-order chi connectivity index (χ0) is 15.5. The Kier molecular flexibility index (Phi) is 4.38. The molecule has 0 aliphatic rings. The molecule has 0 saturated carbocycles. The minimum atomic E-state index is -3.80. The molecule has 0 aliphatic carbocycles. The normalized spacial score (nSPS) is 11.0. The lowest BCUT2D eigenvalue weighted by Crippen LogP contribution is -2.14. The van der Waals surface area contributed by atoms with Crippen LogP contribution in [0.1, 0.15) is 6.92 Å². The summed E-state index contributed by atoms with van der Waals surface area (Å²) >= 11 is 0.837. The fourth-order valence-electron chi connectivity index (χ4n) is 1.48. The second-order valence-corrected chi connectivity index (χ2v) is 6.14. The van der Waals surface area contributed by atoms with Crippen LogP contribution in [0.25, 0.3) is 0 Å². The first kappa shape index (κ1) is 15.2. The van der Waals surface area contributed by atoms with Crippen molar-refractivity contribution in [3.05, 3.63) is 24.3 Å². The summed E-state index contributed by atoms with van der Waals surface area (Å²) in [6, 6.07) is 5.73. The Morgan fingerprint density at radius 3 is 2.48 bits per heavy atom. The third-order valence-corrected chi connectivity index (χ3v) is 4.23. The molecule has 1 aromatic heterocycles. The highest BCUT2D eigenvalue weighted by molar-refractivity contribution is 7.92. The van der Waals surface area contributed by atoms with Crippen molar-refractivity contribution in [2.45, 2.75) is 11.8 Å². The number of hydrogen-bond donors (Lipinski definition) is 2. The number of aromatic nitrogens is 2. The molecule has 8 nitrogen and oxygen atoms in total. The summed E-state index contributed by atoms with van der Waals surface area (Å²) in [5, 5.41) is 2.55. The van der Waals surface area contributed by atoms with Crippen molar-refractivity contribution in [1.29, 1.82) is 0 Å². The lowest BCUT2D eigenvalue weighted by molar-refractivity contribution is -0.114. The van der Waals surface area contributed by atoms with E-state index in [1.807, 2.05) is 0 Å². The maximum atomic E-state index is 12.2. The molecule has 0 saturated heterocycles. The molecule has 0 fully saturated rings. The number of carbonyl (C=O) groups is 1. The minimum Gasteiger partial charge on any atom is -0.478 e. The Balaban J connectivity index is 2.21. The van der Waals surface area contributed by atoms with Gasteiger partial charge in [0.1, 0.15) is 0 Å². The Bertz CT molecular complexity index is 740. The predicted octanol–water partition coefficient (Wildman–Crippen LogP) is 1.31. The summed E-state index contributed by atoms with van der Waals surface area (Å²) in [5.74, 6) is -0.0890. The van der Waals surface area contributed by atoms with Crippen molar-refractivity contribution in [3.8, 4) is 5.88 Å². The third kappa shape index (κ3) is 3.67. The summed E-state index contributed by atoms with van der Waals surface area (Å²) < 4.78 is 39.2. The topological polar surface area (TPSA) is 110 Å². The number of carbonyl (C=O) groups excluding carboxylic acids is 1. The number of ether oxygens (including phenoxy) is 1. The fraction of sp³-hybridized carbons (Fsp3) is 0.182. The van der Waals surface area contributed by atoms with E-state index in [0.29, 0.717) is 5.69 Å². The number of nitrogens with zero attached hydrogens (tertiary/aromatic N) is 2. The van der Waals surface area contributed by atoms with Crippen LogP contribution in [0.2, 0.25) is 0 Å². The smallest absolute Gasteiger partial charge is 0.271 e. The minimum absolute atomic E-state index is 0.0339. The van der Waals surface area contributed by atoms with Crippen LogP contribution in [0.4, 0.5) is 11.5 Å². The Morgan fingerprint density at radius 1 is 1.24 bits per heavy atom. The Labute approximate surface area is 125 Å². The van der Waals surface area contributed by atoms with E-state index in [9.17, 15) is 13.2 Å². The van der Waals surface area contributed by atoms with Crippen molar-refractivity contribution in [1.82, 2.24) is 8.75 Å². The van der Waals surface area contributed by atoms with Gasteiger partial charge in [0.05, 0.1) is 23.7 Å². The van der Waals surface area contributed by atoms with Gasteiger partial charge in [-0.2, -0.15) is 4.37 Å². The standard InChI is InChI=1S/C11H12N4O4S2/c1-7(16)12-8-3-5-9(6-4-8)21(17,18)15-10-11(19-2)14-20-13-10/h3-6H,1-2H3,(H,12,16)(H,13,15). The second-order valence-electron chi connectivity index (χ2n) is 3.93. The number of anilines is 2. The molecule has 0 aliphatic heterocycles. The highest BCUT2D eigenvalue weighted by Crippen LogP contribution is 2.24. The second kappa shape index (κ2) is 6.06. The van der Waals surface area contributed by atoms with Gasteiger partial charge in [0, 0.05) is 12.6 Å². The predicted molar refractivity (Wildman–Crippen MR) is 78.0 cm³/mol. The molecule has 0 atom stereocenters. The van der Waals surface area contributed by atoms with Gasteiger partial charge in [0.15, 0.2) is 0 Å². The number of methoxy groups -OCH3 is 1. The summed E-state index contributed by atoms with van der Waals surface area (Å²) in [5.41, 5.74) is 0.509. The first-order valence-corrected chi connectivity index (χ1v) is 7.91. The molecule has 2 rings (SSSR count). The van der Waals surface area contributed by atoms with Crippen LogP contribution in [0.15, 0.2) is 29.2 Å². The van der Waals surface area contributed by atoms with Crippen molar-refractivity contribution in [3.63, 3.8) is 0 Å². The number of nitrogens with one attached hydrogen (secondary N) is 2. The Morgan fingerprint density at radius 2 is 1.90 bits per heavy atom. The van der Waals surface area contributed by atoms with E-state index in [4.69, 9.17) is 4.74 Å². The van der Waals surface area contributed by atoms with E-state index in [2.05, 4.69) is 18.8 Å².